The molecule has 0 saturated carbocycles. The van der Waals surface area contributed by atoms with Crippen molar-refractivity contribution in [2.75, 3.05) is 0 Å². The van der Waals surface area contributed by atoms with E-state index in [0.717, 1.165) is 16.7 Å². The van der Waals surface area contributed by atoms with Crippen LogP contribution in [0.4, 0.5) is 0 Å². The van der Waals surface area contributed by atoms with Crippen molar-refractivity contribution in [3.8, 4) is 0 Å². The number of Topliss-reactive ketones (excluding diaryl/α,β-unsaturated/α-hetero) is 1. The lowest BCUT2D eigenvalue weighted by molar-refractivity contribution is 0.106. The molecule has 0 unspecified atom stereocenters. The minimum absolute atomic E-state index is 0.0844. The molecule has 26 heavy (non-hydrogen) atoms. The Morgan fingerprint density at radius 2 is 1.77 bits per heavy atom. The molecular weight excluding hydrogens is 342 g/mol. The predicted molar refractivity (Wildman–Crippen MR) is 108 cm³/mol. The largest absolute Gasteiger partial charge is 0.302 e. The third-order valence-corrected chi connectivity index (χ3v) is 5.55. The van der Waals surface area contributed by atoms with Gasteiger partial charge in [0.1, 0.15) is 4.66 Å². The molecule has 0 aliphatic carbocycles. The second-order valence-electron chi connectivity index (χ2n) is 6.50. The van der Waals surface area contributed by atoms with Gasteiger partial charge < -0.3 is 4.57 Å². The monoisotopic (exact) mass is 363 g/mol. The zero-order valence-electron chi connectivity index (χ0n) is 15.4. The topological polar surface area (TPSA) is 39.1 Å². The van der Waals surface area contributed by atoms with Crippen LogP contribution in [0.25, 0.3) is 12.2 Å². The second kappa shape index (κ2) is 7.26. The van der Waals surface area contributed by atoms with E-state index in [4.69, 9.17) is 0 Å². The molecule has 0 saturated heterocycles. The van der Waals surface area contributed by atoms with E-state index >= 15 is 0 Å². The van der Waals surface area contributed by atoms with Crippen LogP contribution in [0.3, 0.4) is 0 Å². The maximum absolute atomic E-state index is 12.6. The van der Waals surface area contributed by atoms with Crippen LogP contribution in [-0.2, 0) is 7.05 Å². The maximum atomic E-state index is 12.6. The Bertz CT molecular complexity index is 1170. The molecule has 0 N–H and O–H groups in total. The minimum Gasteiger partial charge on any atom is -0.302 e. The fourth-order valence-corrected chi connectivity index (χ4v) is 3.90. The van der Waals surface area contributed by atoms with Crippen molar-refractivity contribution < 1.29 is 4.79 Å². The number of benzene rings is 2. The molecule has 2 aromatic carbocycles. The third-order valence-electron chi connectivity index (χ3n) is 4.44. The van der Waals surface area contributed by atoms with E-state index in [9.17, 15) is 9.59 Å². The molecule has 0 spiro atoms. The van der Waals surface area contributed by atoms with E-state index in [1.54, 1.807) is 13.1 Å². The fraction of sp³-hybridized carbons (Fsp3) is 0.182. The summed E-state index contributed by atoms with van der Waals surface area (Å²) >= 11 is 1.34. The van der Waals surface area contributed by atoms with Gasteiger partial charge in [-0.05, 0) is 43.5 Å². The second-order valence-corrected chi connectivity index (χ2v) is 7.56. The molecule has 1 heterocycles. The van der Waals surface area contributed by atoms with Gasteiger partial charge in [0.15, 0.2) is 5.78 Å². The summed E-state index contributed by atoms with van der Waals surface area (Å²) in [6.07, 6.45) is 3.45. The van der Waals surface area contributed by atoms with Crippen LogP contribution in [0, 0.1) is 20.8 Å². The van der Waals surface area contributed by atoms with Gasteiger partial charge in [0, 0.05) is 18.7 Å². The van der Waals surface area contributed by atoms with E-state index in [1.807, 2.05) is 63.2 Å². The minimum atomic E-state index is -0.0852. The van der Waals surface area contributed by atoms with Gasteiger partial charge in [0.25, 0.3) is 5.56 Å². The van der Waals surface area contributed by atoms with Gasteiger partial charge in [-0.3, -0.25) is 9.59 Å². The normalized spacial score (nSPS) is 12.6. The number of carbonyl (C=O) groups is 1. The van der Waals surface area contributed by atoms with E-state index < -0.39 is 0 Å². The highest BCUT2D eigenvalue weighted by Crippen LogP contribution is 2.11. The van der Waals surface area contributed by atoms with Gasteiger partial charge in [-0.1, -0.05) is 48.0 Å². The van der Waals surface area contributed by atoms with Gasteiger partial charge >= 0.3 is 0 Å². The first-order valence-electron chi connectivity index (χ1n) is 8.43. The number of hydrogen-bond donors (Lipinski definition) is 0. The van der Waals surface area contributed by atoms with Crippen LogP contribution in [0.15, 0.2) is 47.3 Å². The molecule has 0 bridgehead atoms. The quantitative estimate of drug-likeness (QED) is 0.671. The summed E-state index contributed by atoms with van der Waals surface area (Å²) in [5.74, 6) is -0.0852. The average molecular weight is 363 g/mol. The number of aromatic nitrogens is 1. The number of aryl methyl sites for hydroxylation is 3. The van der Waals surface area contributed by atoms with Gasteiger partial charge in [0.05, 0.1) is 4.53 Å². The number of thiazole rings is 1. The average Bonchev–Trinajstić information content (AvgIpc) is 2.85. The number of rotatable bonds is 3. The Morgan fingerprint density at radius 3 is 2.46 bits per heavy atom. The van der Waals surface area contributed by atoms with Crippen LogP contribution in [0.2, 0.25) is 0 Å². The third kappa shape index (κ3) is 3.60. The standard InChI is InChI=1S/C22H21NO2S/c1-14-9-10-17(16(3)11-14)12-20-22(25)23(4)21(26-20)13-19(24)18-8-6-5-7-15(18)2/h5-13H,1-4H3/b20-12-,21-13-. The molecule has 0 amide bonds. The molecule has 0 radical (unpaired) electrons. The molecule has 0 aliphatic heterocycles. The van der Waals surface area contributed by atoms with Crippen molar-refractivity contribution in [3.63, 3.8) is 0 Å². The van der Waals surface area contributed by atoms with Crippen LogP contribution in [0.1, 0.15) is 32.6 Å². The molecule has 0 atom stereocenters. The van der Waals surface area contributed by atoms with E-state index in [1.165, 1.54) is 21.5 Å². The molecule has 0 fully saturated rings. The zero-order chi connectivity index (χ0) is 18.8. The fourth-order valence-electron chi connectivity index (χ4n) is 2.88. The molecule has 3 rings (SSSR count). The van der Waals surface area contributed by atoms with Crippen molar-refractivity contribution in [1.29, 1.82) is 0 Å². The summed E-state index contributed by atoms with van der Waals surface area (Å²) in [5.41, 5.74) is 4.84. The highest BCUT2D eigenvalue weighted by molar-refractivity contribution is 7.07. The first-order chi connectivity index (χ1) is 12.4. The van der Waals surface area contributed by atoms with E-state index in [0.29, 0.717) is 14.8 Å². The van der Waals surface area contributed by atoms with Crippen LogP contribution in [0.5, 0.6) is 0 Å². The summed E-state index contributed by atoms with van der Waals surface area (Å²) in [6.45, 7) is 5.99. The lowest BCUT2D eigenvalue weighted by Gasteiger charge is -2.00. The Kier molecular flexibility index (Phi) is 5.05. The Balaban J connectivity index is 2.11. The smallest absolute Gasteiger partial charge is 0.268 e. The summed E-state index contributed by atoms with van der Waals surface area (Å²) < 4.78 is 2.82. The first kappa shape index (κ1) is 18.1. The van der Waals surface area contributed by atoms with Gasteiger partial charge in [-0.25, -0.2) is 0 Å². The van der Waals surface area contributed by atoms with Gasteiger partial charge in [-0.15, -0.1) is 11.3 Å². The SMILES string of the molecule is Cc1ccc(/C=c2\s/c(=C\C(=O)c3ccccc3C)n(C)c2=O)c(C)c1. The number of hydrogen-bond acceptors (Lipinski definition) is 3. The van der Waals surface area contributed by atoms with Crippen molar-refractivity contribution >= 4 is 29.3 Å². The Morgan fingerprint density at radius 1 is 1.04 bits per heavy atom. The van der Waals surface area contributed by atoms with Gasteiger partial charge in [0.2, 0.25) is 0 Å². The number of nitrogens with zero attached hydrogens (tertiary/aromatic N) is 1. The van der Waals surface area contributed by atoms with Crippen molar-refractivity contribution in [2.24, 2.45) is 7.05 Å². The highest BCUT2D eigenvalue weighted by atomic mass is 32.1. The molecule has 4 heteroatoms. The summed E-state index contributed by atoms with van der Waals surface area (Å²) in [6, 6.07) is 13.6. The molecule has 0 aliphatic rings. The Labute approximate surface area is 156 Å². The van der Waals surface area contributed by atoms with Crippen LogP contribution in [-0.4, -0.2) is 10.4 Å². The lowest BCUT2D eigenvalue weighted by atomic mass is 10.1. The zero-order valence-corrected chi connectivity index (χ0v) is 16.2. The molecule has 132 valence electrons. The first-order valence-corrected chi connectivity index (χ1v) is 9.25. The number of ketones is 1. The summed E-state index contributed by atoms with van der Waals surface area (Å²) in [4.78, 5) is 25.2. The summed E-state index contributed by atoms with van der Waals surface area (Å²) in [7, 11) is 1.70. The number of carbonyl (C=O) groups excluding carboxylic acids is 1. The van der Waals surface area contributed by atoms with Crippen molar-refractivity contribution in [1.82, 2.24) is 4.57 Å². The Hall–Kier alpha value is -2.72. The lowest BCUT2D eigenvalue weighted by Crippen LogP contribution is -2.29. The molecular formula is C22H21NO2S. The van der Waals surface area contributed by atoms with Crippen molar-refractivity contribution in [2.45, 2.75) is 20.8 Å². The molecule has 3 nitrogen and oxygen atoms in total. The predicted octanol–water partition coefficient (Wildman–Crippen LogP) is 2.86. The van der Waals surface area contributed by atoms with Crippen molar-refractivity contribution in [3.05, 3.63) is 89.8 Å². The summed E-state index contributed by atoms with van der Waals surface area (Å²) in [5, 5.41) is 0. The molecule has 3 aromatic rings. The van der Waals surface area contributed by atoms with Crippen LogP contribution >= 0.6 is 11.3 Å². The van der Waals surface area contributed by atoms with Gasteiger partial charge in [-0.2, -0.15) is 0 Å². The maximum Gasteiger partial charge on any atom is 0.268 e. The molecule has 1 aromatic heterocycles. The highest BCUT2D eigenvalue weighted by Gasteiger charge is 2.08. The van der Waals surface area contributed by atoms with E-state index in [2.05, 4.69) is 6.07 Å². The van der Waals surface area contributed by atoms with Crippen LogP contribution < -0.4 is 14.8 Å². The van der Waals surface area contributed by atoms with E-state index in [-0.39, 0.29) is 11.3 Å².